The van der Waals surface area contributed by atoms with Crippen LogP contribution in [0.3, 0.4) is 0 Å². The zero-order valence-electron chi connectivity index (χ0n) is 18.3. The number of nitrogens with zero attached hydrogens (tertiary/aromatic N) is 1. The summed E-state index contributed by atoms with van der Waals surface area (Å²) in [6, 6.07) is 6.54. The van der Waals surface area contributed by atoms with E-state index < -0.39 is 16.1 Å². The fourth-order valence-electron chi connectivity index (χ4n) is 3.05. The Kier molecular flexibility index (Phi) is 11.5. The summed E-state index contributed by atoms with van der Waals surface area (Å²) in [5.74, 6) is 0.848. The Morgan fingerprint density at radius 2 is 1.72 bits per heavy atom. The molecule has 2 aromatic rings. The van der Waals surface area contributed by atoms with Crippen molar-refractivity contribution in [3.8, 4) is 0 Å². The first-order valence-corrected chi connectivity index (χ1v) is 13.2. The van der Waals surface area contributed by atoms with Gasteiger partial charge >= 0.3 is 0 Å². The molecule has 1 aromatic carbocycles. The number of hydrogen-bond donors (Lipinski definition) is 2. The lowest BCUT2D eigenvalue weighted by Crippen LogP contribution is -2.25. The fourth-order valence-corrected chi connectivity index (χ4v) is 4.25. The van der Waals surface area contributed by atoms with Gasteiger partial charge in [-0.15, -0.1) is 11.3 Å². The molecule has 1 heterocycles. The molecule has 0 aliphatic heterocycles. The molecule has 2 N–H and O–H groups in total. The number of aliphatic hydroxyl groups excluding tert-OH is 1. The van der Waals surface area contributed by atoms with Crippen molar-refractivity contribution in [3.05, 3.63) is 41.4 Å². The highest BCUT2D eigenvalue weighted by atomic mass is 32.2. The Hall–Kier alpha value is -1.44. The summed E-state index contributed by atoms with van der Waals surface area (Å²) < 4.78 is 22.8. The second-order valence-corrected chi connectivity index (χ2v) is 10.2. The van der Waals surface area contributed by atoms with Gasteiger partial charge < -0.3 is 10.4 Å². The minimum Gasteiger partial charge on any atom is -0.373 e. The smallest absolute Gasteiger partial charge is 0.184 e. The van der Waals surface area contributed by atoms with E-state index >= 15 is 0 Å². The number of sulfone groups is 1. The molecular weight excluding hydrogens is 404 g/mol. The van der Waals surface area contributed by atoms with Gasteiger partial charge in [-0.05, 0) is 23.6 Å². The molecule has 2 unspecified atom stereocenters. The number of aromatic nitrogens is 1. The Morgan fingerprint density at radius 1 is 1.14 bits per heavy atom. The number of anilines is 1. The topological polar surface area (TPSA) is 79.3 Å². The van der Waals surface area contributed by atoms with Gasteiger partial charge in [-0.2, -0.15) is 0 Å². The SMILES string of the molecule is CC.CC(c1ccc(S(C)(=O)=O)cc1)C(O)Nc1nccs1.CC1CCCCC1. The molecular formula is C22H36N2O3S2. The summed E-state index contributed by atoms with van der Waals surface area (Å²) in [5, 5.41) is 15.5. The highest BCUT2D eigenvalue weighted by Gasteiger charge is 2.17. The second-order valence-electron chi connectivity index (χ2n) is 7.30. The van der Waals surface area contributed by atoms with E-state index in [0.29, 0.717) is 5.13 Å². The molecule has 1 fully saturated rings. The summed E-state index contributed by atoms with van der Waals surface area (Å²) in [7, 11) is -3.19. The van der Waals surface area contributed by atoms with E-state index in [-0.39, 0.29) is 10.8 Å². The number of benzene rings is 1. The maximum atomic E-state index is 11.4. The van der Waals surface area contributed by atoms with Crippen molar-refractivity contribution >= 4 is 26.3 Å². The van der Waals surface area contributed by atoms with Gasteiger partial charge in [0.05, 0.1) is 4.90 Å². The molecule has 2 atom stereocenters. The van der Waals surface area contributed by atoms with Crippen LogP contribution in [0.15, 0.2) is 40.7 Å². The van der Waals surface area contributed by atoms with Crippen molar-refractivity contribution in [1.82, 2.24) is 4.98 Å². The molecule has 5 nitrogen and oxygen atoms in total. The third kappa shape index (κ3) is 9.28. The normalized spacial score (nSPS) is 16.5. The Bertz CT molecular complexity index is 769. The van der Waals surface area contributed by atoms with Crippen molar-refractivity contribution in [2.24, 2.45) is 5.92 Å². The molecule has 7 heteroatoms. The molecule has 164 valence electrons. The zero-order valence-corrected chi connectivity index (χ0v) is 19.9. The fraction of sp³-hybridized carbons (Fsp3) is 0.591. The number of rotatable bonds is 5. The number of thiazole rings is 1. The predicted octanol–water partition coefficient (Wildman–Crippen LogP) is 5.69. The molecule has 0 spiro atoms. The molecule has 1 aromatic heterocycles. The van der Waals surface area contributed by atoms with Crippen molar-refractivity contribution < 1.29 is 13.5 Å². The van der Waals surface area contributed by atoms with Crippen LogP contribution in [0, 0.1) is 5.92 Å². The van der Waals surface area contributed by atoms with Crippen molar-refractivity contribution in [2.45, 2.75) is 76.8 Å². The van der Waals surface area contributed by atoms with E-state index in [4.69, 9.17) is 0 Å². The van der Waals surface area contributed by atoms with Gasteiger partial charge in [-0.3, -0.25) is 0 Å². The Morgan fingerprint density at radius 3 is 2.14 bits per heavy atom. The van der Waals surface area contributed by atoms with Crippen molar-refractivity contribution in [2.75, 3.05) is 11.6 Å². The van der Waals surface area contributed by atoms with Gasteiger partial charge in [0.25, 0.3) is 0 Å². The molecule has 0 amide bonds. The molecule has 0 bridgehead atoms. The van der Waals surface area contributed by atoms with Gasteiger partial charge in [0.1, 0.15) is 6.23 Å². The van der Waals surface area contributed by atoms with Crippen LogP contribution in [0.1, 0.15) is 71.3 Å². The monoisotopic (exact) mass is 440 g/mol. The van der Waals surface area contributed by atoms with Crippen LogP contribution in [-0.4, -0.2) is 31.0 Å². The van der Waals surface area contributed by atoms with E-state index in [1.807, 2.05) is 26.2 Å². The van der Waals surface area contributed by atoms with Crippen molar-refractivity contribution in [3.63, 3.8) is 0 Å². The quantitative estimate of drug-likeness (QED) is 0.584. The average Bonchev–Trinajstić information content (AvgIpc) is 3.22. The number of hydrogen-bond acceptors (Lipinski definition) is 6. The predicted molar refractivity (Wildman–Crippen MR) is 123 cm³/mol. The lowest BCUT2D eigenvalue weighted by molar-refractivity contribution is 0.177. The van der Waals surface area contributed by atoms with Crippen LogP contribution in [0.25, 0.3) is 0 Å². The molecule has 3 rings (SSSR count). The van der Waals surface area contributed by atoms with Crippen LogP contribution in [-0.2, 0) is 9.84 Å². The summed E-state index contributed by atoms with van der Waals surface area (Å²) in [4.78, 5) is 4.32. The van der Waals surface area contributed by atoms with E-state index in [0.717, 1.165) is 11.5 Å². The standard InChI is InChI=1S/C13H16N2O3S2.C7H14.C2H6/c1-9(12(16)15-13-14-7-8-19-13)10-3-5-11(6-4-10)20(2,17)18;1-7-5-3-2-4-6-7;1-2/h3-9,12,16H,1-2H3,(H,14,15);7H,2-6H2,1H3;1-2H3. The summed E-state index contributed by atoms with van der Waals surface area (Å²) in [5.41, 5.74) is 0.856. The highest BCUT2D eigenvalue weighted by molar-refractivity contribution is 7.90. The highest BCUT2D eigenvalue weighted by Crippen LogP contribution is 2.23. The van der Waals surface area contributed by atoms with Gasteiger partial charge in [0.15, 0.2) is 15.0 Å². The maximum absolute atomic E-state index is 11.4. The van der Waals surface area contributed by atoms with E-state index in [1.165, 1.54) is 49.7 Å². The largest absolute Gasteiger partial charge is 0.373 e. The van der Waals surface area contributed by atoms with Crippen LogP contribution >= 0.6 is 11.3 Å². The van der Waals surface area contributed by atoms with Gasteiger partial charge in [-0.1, -0.05) is 71.9 Å². The molecule has 0 saturated heterocycles. The van der Waals surface area contributed by atoms with E-state index in [9.17, 15) is 13.5 Å². The van der Waals surface area contributed by atoms with Crippen molar-refractivity contribution in [1.29, 1.82) is 0 Å². The van der Waals surface area contributed by atoms with Crippen LogP contribution in [0.2, 0.25) is 0 Å². The summed E-state index contributed by atoms with van der Waals surface area (Å²) in [6.07, 6.45) is 9.48. The summed E-state index contributed by atoms with van der Waals surface area (Å²) in [6.45, 7) is 8.22. The van der Waals surface area contributed by atoms with Gasteiger partial charge in [-0.25, -0.2) is 13.4 Å². The number of aliphatic hydroxyl groups is 1. The minimum absolute atomic E-state index is 0.187. The minimum atomic E-state index is -3.19. The maximum Gasteiger partial charge on any atom is 0.184 e. The van der Waals surface area contributed by atoms with Gasteiger partial charge in [0, 0.05) is 23.8 Å². The Balaban J connectivity index is 0.000000390. The van der Waals surface area contributed by atoms with Crippen LogP contribution in [0.4, 0.5) is 5.13 Å². The zero-order chi connectivity index (χ0) is 21.9. The second kappa shape index (κ2) is 13.0. The molecule has 1 aliphatic rings. The average molecular weight is 441 g/mol. The first-order valence-electron chi connectivity index (χ1n) is 10.4. The first kappa shape index (κ1) is 25.6. The van der Waals surface area contributed by atoms with E-state index in [2.05, 4.69) is 17.2 Å². The third-order valence-electron chi connectivity index (χ3n) is 4.91. The van der Waals surface area contributed by atoms with Crippen LogP contribution < -0.4 is 5.32 Å². The van der Waals surface area contributed by atoms with Gasteiger partial charge in [0.2, 0.25) is 0 Å². The third-order valence-corrected chi connectivity index (χ3v) is 6.74. The van der Waals surface area contributed by atoms with E-state index in [1.54, 1.807) is 30.5 Å². The summed E-state index contributed by atoms with van der Waals surface area (Å²) >= 11 is 1.41. The lowest BCUT2D eigenvalue weighted by Gasteiger charge is -2.20. The number of nitrogens with one attached hydrogen (secondary N) is 1. The van der Waals surface area contributed by atoms with Crippen LogP contribution in [0.5, 0.6) is 0 Å². The molecule has 1 aliphatic carbocycles. The lowest BCUT2D eigenvalue weighted by atomic mass is 9.91. The molecule has 29 heavy (non-hydrogen) atoms. The first-order chi connectivity index (χ1) is 13.8. The Labute approximate surface area is 180 Å². The molecule has 0 radical (unpaired) electrons. The molecule has 1 saturated carbocycles.